The number of hydrogen-bond acceptors (Lipinski definition) is 3. The highest BCUT2D eigenvalue weighted by molar-refractivity contribution is 7.92. The van der Waals surface area contributed by atoms with E-state index in [1.165, 1.54) is 6.92 Å². The van der Waals surface area contributed by atoms with Crippen LogP contribution in [0.3, 0.4) is 0 Å². The van der Waals surface area contributed by atoms with Crippen molar-refractivity contribution in [3.63, 3.8) is 0 Å². The van der Waals surface area contributed by atoms with E-state index in [1.54, 1.807) is 12.1 Å². The van der Waals surface area contributed by atoms with E-state index in [0.29, 0.717) is 5.56 Å². The molecule has 4 heteroatoms. The average Bonchev–Trinajstić information content (AvgIpc) is 2.46. The molecule has 0 aliphatic rings. The van der Waals surface area contributed by atoms with Gasteiger partial charge in [0.25, 0.3) is 0 Å². The van der Waals surface area contributed by atoms with E-state index in [-0.39, 0.29) is 5.78 Å². The first-order valence-corrected chi connectivity index (χ1v) is 8.23. The second-order valence-corrected chi connectivity index (χ2v) is 7.15. The highest BCUT2D eigenvalue weighted by Crippen LogP contribution is 2.20. The van der Waals surface area contributed by atoms with Gasteiger partial charge >= 0.3 is 0 Å². The van der Waals surface area contributed by atoms with Gasteiger partial charge in [0.05, 0.1) is 0 Å². The normalized spacial score (nSPS) is 12.9. The summed E-state index contributed by atoms with van der Waals surface area (Å²) in [5, 5.41) is -1.01. The standard InChI is InChI=1S/C16H16O3S/c1-12(20(2,18)19)16(17)15-10-8-14(9-11-15)13-6-4-3-5-7-13/h3-12H,1-2H3. The van der Waals surface area contributed by atoms with Crippen LogP contribution >= 0.6 is 0 Å². The van der Waals surface area contributed by atoms with Crippen LogP contribution in [0.1, 0.15) is 17.3 Å². The van der Waals surface area contributed by atoms with Crippen molar-refractivity contribution in [2.24, 2.45) is 0 Å². The van der Waals surface area contributed by atoms with Gasteiger partial charge in [0.2, 0.25) is 0 Å². The zero-order valence-corrected chi connectivity index (χ0v) is 12.2. The van der Waals surface area contributed by atoms with Crippen LogP contribution in [-0.2, 0) is 9.84 Å². The molecule has 2 aromatic rings. The molecule has 0 saturated heterocycles. The average molecular weight is 288 g/mol. The molecule has 104 valence electrons. The number of hydrogen-bond donors (Lipinski definition) is 0. The first kappa shape index (κ1) is 14.5. The summed E-state index contributed by atoms with van der Waals surface area (Å²) in [6.07, 6.45) is 1.08. The molecule has 1 atom stereocenters. The largest absolute Gasteiger partial charge is 0.293 e. The minimum atomic E-state index is -3.36. The summed E-state index contributed by atoms with van der Waals surface area (Å²) >= 11 is 0. The minimum Gasteiger partial charge on any atom is -0.293 e. The fourth-order valence-corrected chi connectivity index (χ4v) is 2.41. The number of Topliss-reactive ketones (excluding diaryl/α,β-unsaturated/α-hetero) is 1. The second kappa shape index (κ2) is 5.59. The van der Waals surface area contributed by atoms with Crippen LogP contribution in [0.25, 0.3) is 11.1 Å². The third kappa shape index (κ3) is 3.14. The van der Waals surface area contributed by atoms with E-state index in [1.807, 2.05) is 42.5 Å². The summed E-state index contributed by atoms with van der Waals surface area (Å²) < 4.78 is 22.8. The van der Waals surface area contributed by atoms with Gasteiger partial charge in [0, 0.05) is 11.8 Å². The molecule has 0 aliphatic heterocycles. The smallest absolute Gasteiger partial charge is 0.180 e. The summed E-state index contributed by atoms with van der Waals surface area (Å²) in [7, 11) is -3.36. The summed E-state index contributed by atoms with van der Waals surface area (Å²) in [5.74, 6) is -0.368. The molecule has 0 bridgehead atoms. The van der Waals surface area contributed by atoms with E-state index < -0.39 is 15.1 Å². The van der Waals surface area contributed by atoms with Gasteiger partial charge in [-0.3, -0.25) is 4.79 Å². The fourth-order valence-electron chi connectivity index (χ4n) is 1.89. The molecule has 2 rings (SSSR count). The Balaban J connectivity index is 2.27. The molecule has 20 heavy (non-hydrogen) atoms. The van der Waals surface area contributed by atoms with Crippen molar-refractivity contribution in [1.29, 1.82) is 0 Å². The number of sulfone groups is 1. The molecule has 0 aliphatic carbocycles. The van der Waals surface area contributed by atoms with Crippen LogP contribution in [0, 0.1) is 0 Å². The Kier molecular flexibility index (Phi) is 4.04. The Labute approximate surface area is 119 Å². The fraction of sp³-hybridized carbons (Fsp3) is 0.188. The highest BCUT2D eigenvalue weighted by Gasteiger charge is 2.24. The van der Waals surface area contributed by atoms with Crippen molar-refractivity contribution in [2.75, 3.05) is 6.26 Å². The van der Waals surface area contributed by atoms with Crippen LogP contribution < -0.4 is 0 Å². The van der Waals surface area contributed by atoms with Crippen LogP contribution in [0.2, 0.25) is 0 Å². The summed E-state index contributed by atoms with van der Waals surface area (Å²) in [5.41, 5.74) is 2.47. The van der Waals surface area contributed by atoms with Crippen molar-refractivity contribution >= 4 is 15.6 Å². The molecule has 2 aromatic carbocycles. The first-order chi connectivity index (χ1) is 9.39. The molecule has 0 spiro atoms. The summed E-state index contributed by atoms with van der Waals surface area (Å²) in [4.78, 5) is 12.1. The lowest BCUT2D eigenvalue weighted by atomic mass is 10.0. The number of carbonyl (C=O) groups is 1. The SMILES string of the molecule is CC(C(=O)c1ccc(-c2ccccc2)cc1)S(C)(=O)=O. The molecule has 0 heterocycles. The maximum absolute atomic E-state index is 12.1. The molecule has 0 radical (unpaired) electrons. The summed E-state index contributed by atoms with van der Waals surface area (Å²) in [6, 6.07) is 16.8. The molecule has 0 fully saturated rings. The molecule has 0 aromatic heterocycles. The molecular weight excluding hydrogens is 272 g/mol. The Hall–Kier alpha value is -1.94. The predicted molar refractivity (Wildman–Crippen MR) is 80.5 cm³/mol. The van der Waals surface area contributed by atoms with Gasteiger partial charge in [-0.15, -0.1) is 0 Å². The van der Waals surface area contributed by atoms with Gasteiger partial charge in [0.15, 0.2) is 15.6 Å². The van der Waals surface area contributed by atoms with Gasteiger partial charge in [-0.05, 0) is 18.1 Å². The first-order valence-electron chi connectivity index (χ1n) is 6.28. The van der Waals surface area contributed by atoms with Crippen LogP contribution in [0.4, 0.5) is 0 Å². The van der Waals surface area contributed by atoms with Crippen molar-refractivity contribution in [3.05, 3.63) is 60.2 Å². The van der Waals surface area contributed by atoms with Crippen molar-refractivity contribution < 1.29 is 13.2 Å². The lowest BCUT2D eigenvalue weighted by molar-refractivity contribution is 0.0991. The molecule has 0 N–H and O–H groups in total. The third-order valence-corrected chi connectivity index (χ3v) is 4.79. The maximum atomic E-state index is 12.1. The van der Waals surface area contributed by atoms with Gasteiger partial charge in [-0.1, -0.05) is 54.6 Å². The van der Waals surface area contributed by atoms with Gasteiger partial charge < -0.3 is 0 Å². The van der Waals surface area contributed by atoms with Gasteiger partial charge in [0.1, 0.15) is 5.25 Å². The van der Waals surface area contributed by atoms with Crippen LogP contribution in [-0.4, -0.2) is 25.7 Å². The van der Waals surface area contributed by atoms with Gasteiger partial charge in [-0.2, -0.15) is 0 Å². The van der Waals surface area contributed by atoms with Crippen LogP contribution in [0.15, 0.2) is 54.6 Å². The third-order valence-electron chi connectivity index (χ3n) is 3.29. The highest BCUT2D eigenvalue weighted by atomic mass is 32.2. The molecule has 1 unspecified atom stereocenters. The lowest BCUT2D eigenvalue weighted by Crippen LogP contribution is -2.26. The Morgan fingerprint density at radius 2 is 1.40 bits per heavy atom. The van der Waals surface area contributed by atoms with E-state index in [4.69, 9.17) is 0 Å². The van der Waals surface area contributed by atoms with Gasteiger partial charge in [-0.25, -0.2) is 8.42 Å². The molecule has 3 nitrogen and oxygen atoms in total. The van der Waals surface area contributed by atoms with E-state index in [9.17, 15) is 13.2 Å². The van der Waals surface area contributed by atoms with Crippen molar-refractivity contribution in [1.82, 2.24) is 0 Å². The maximum Gasteiger partial charge on any atom is 0.180 e. The number of rotatable bonds is 4. The van der Waals surface area contributed by atoms with E-state index >= 15 is 0 Å². The number of carbonyl (C=O) groups excluding carboxylic acids is 1. The number of benzene rings is 2. The zero-order valence-electron chi connectivity index (χ0n) is 11.4. The predicted octanol–water partition coefficient (Wildman–Crippen LogP) is 2.97. The van der Waals surface area contributed by atoms with Crippen LogP contribution in [0.5, 0.6) is 0 Å². The lowest BCUT2D eigenvalue weighted by Gasteiger charge is -2.09. The zero-order chi connectivity index (χ0) is 14.8. The second-order valence-electron chi connectivity index (χ2n) is 4.78. The van der Waals surface area contributed by atoms with E-state index in [2.05, 4.69) is 0 Å². The topological polar surface area (TPSA) is 51.2 Å². The van der Waals surface area contributed by atoms with E-state index in [0.717, 1.165) is 17.4 Å². The van der Waals surface area contributed by atoms with Crippen molar-refractivity contribution in [2.45, 2.75) is 12.2 Å². The Bertz CT molecular complexity index is 701. The number of ketones is 1. The Morgan fingerprint density at radius 3 is 1.90 bits per heavy atom. The minimum absolute atomic E-state index is 0.368. The Morgan fingerprint density at radius 1 is 0.900 bits per heavy atom. The quantitative estimate of drug-likeness (QED) is 0.813. The van der Waals surface area contributed by atoms with Crippen molar-refractivity contribution in [3.8, 4) is 11.1 Å². The monoisotopic (exact) mass is 288 g/mol. The molecule has 0 amide bonds. The molecule has 0 saturated carbocycles. The molecular formula is C16H16O3S. The summed E-state index contributed by atoms with van der Waals surface area (Å²) in [6.45, 7) is 1.42.